The normalized spacial score (nSPS) is 14.4. The van der Waals surface area contributed by atoms with Gasteiger partial charge in [-0.3, -0.25) is 0 Å². The molecule has 0 fully saturated rings. The zero-order chi connectivity index (χ0) is 20.2. The zero-order valence-electron chi connectivity index (χ0n) is 17.1. The van der Waals surface area contributed by atoms with Gasteiger partial charge in [-0.15, -0.1) is 11.6 Å². The van der Waals surface area contributed by atoms with E-state index in [2.05, 4.69) is 37.3 Å². The van der Waals surface area contributed by atoms with Crippen LogP contribution in [0.4, 0.5) is 0 Å². The number of hydrogen-bond donors (Lipinski definition) is 0. The van der Waals surface area contributed by atoms with Gasteiger partial charge in [-0.05, 0) is 37.0 Å². The first-order valence-electron chi connectivity index (χ1n) is 10.5. The van der Waals surface area contributed by atoms with Gasteiger partial charge >= 0.3 is 0 Å². The molecule has 0 amide bonds. The van der Waals surface area contributed by atoms with E-state index in [4.69, 9.17) is 23.2 Å². The van der Waals surface area contributed by atoms with Gasteiger partial charge in [0.25, 0.3) is 0 Å². The Morgan fingerprint density at radius 1 is 0.893 bits per heavy atom. The smallest absolute Gasteiger partial charge is 0.103 e. The predicted molar refractivity (Wildman–Crippen MR) is 125 cm³/mol. The fraction of sp³-hybridized carbons (Fsp3) is 0.385. The van der Waals surface area contributed by atoms with Crippen molar-refractivity contribution >= 4 is 23.2 Å². The molecular weight excluding hydrogens is 383 g/mol. The molecule has 0 saturated carbocycles. The largest absolute Gasteiger partial charge is 0.120 e. The van der Waals surface area contributed by atoms with Crippen LogP contribution in [0.3, 0.4) is 0 Å². The van der Waals surface area contributed by atoms with Gasteiger partial charge in [0.15, 0.2) is 0 Å². The van der Waals surface area contributed by atoms with Crippen molar-refractivity contribution in [3.8, 4) is 0 Å². The topological polar surface area (TPSA) is 0 Å². The minimum atomic E-state index is -0.800. The molecule has 0 aromatic heterocycles. The quantitative estimate of drug-likeness (QED) is 0.195. The van der Waals surface area contributed by atoms with Crippen molar-refractivity contribution in [3.05, 3.63) is 94.5 Å². The summed E-state index contributed by atoms with van der Waals surface area (Å²) in [4.78, 5) is -0.800. The molecule has 2 aromatic rings. The van der Waals surface area contributed by atoms with Gasteiger partial charge in [-0.1, -0.05) is 117 Å². The Labute approximate surface area is 181 Å². The number of alkyl halides is 1. The van der Waals surface area contributed by atoms with Crippen LogP contribution in [0.15, 0.2) is 78.4 Å². The van der Waals surface area contributed by atoms with E-state index >= 15 is 0 Å². The summed E-state index contributed by atoms with van der Waals surface area (Å²) in [5.41, 5.74) is 3.00. The molecule has 1 unspecified atom stereocenters. The van der Waals surface area contributed by atoms with Crippen molar-refractivity contribution in [2.45, 2.75) is 63.7 Å². The Bertz CT molecular complexity index is 761. The molecule has 0 N–H and O–H groups in total. The van der Waals surface area contributed by atoms with Crippen molar-refractivity contribution in [2.75, 3.05) is 0 Å². The Hall–Kier alpha value is -1.50. The molecule has 28 heavy (non-hydrogen) atoms. The number of unbranched alkanes of at least 4 members (excludes halogenated alkanes) is 6. The van der Waals surface area contributed by atoms with E-state index in [1.165, 1.54) is 38.5 Å². The van der Waals surface area contributed by atoms with E-state index in [1.54, 1.807) is 0 Å². The lowest BCUT2D eigenvalue weighted by Gasteiger charge is -2.31. The van der Waals surface area contributed by atoms with Gasteiger partial charge in [-0.25, -0.2) is 0 Å². The van der Waals surface area contributed by atoms with Gasteiger partial charge in [0.05, 0.1) is 0 Å². The summed E-state index contributed by atoms with van der Waals surface area (Å²) in [5.74, 6) is 0. The highest BCUT2D eigenvalue weighted by Crippen LogP contribution is 2.46. The van der Waals surface area contributed by atoms with Crippen LogP contribution in [0.1, 0.15) is 69.9 Å². The SMILES string of the molecule is C/C=C(\C=C/CCCCCCCC)C(Cl)(c1ccccc1)c1ccccc1Cl. The van der Waals surface area contributed by atoms with Gasteiger partial charge in [0.1, 0.15) is 4.87 Å². The summed E-state index contributed by atoms with van der Waals surface area (Å²) in [7, 11) is 0. The third kappa shape index (κ3) is 6.00. The van der Waals surface area contributed by atoms with Crippen LogP contribution < -0.4 is 0 Å². The number of benzene rings is 2. The van der Waals surface area contributed by atoms with Crippen molar-refractivity contribution in [1.82, 2.24) is 0 Å². The molecule has 0 spiro atoms. The van der Waals surface area contributed by atoms with E-state index < -0.39 is 4.87 Å². The first kappa shape index (κ1) is 22.8. The molecule has 2 heteroatoms. The van der Waals surface area contributed by atoms with E-state index in [1.807, 2.05) is 49.4 Å². The van der Waals surface area contributed by atoms with E-state index in [9.17, 15) is 0 Å². The number of halogens is 2. The van der Waals surface area contributed by atoms with Crippen LogP contribution >= 0.6 is 23.2 Å². The van der Waals surface area contributed by atoms with Crippen LogP contribution in [0.5, 0.6) is 0 Å². The molecule has 0 radical (unpaired) electrons. The van der Waals surface area contributed by atoms with Crippen LogP contribution in [-0.4, -0.2) is 0 Å². The first-order chi connectivity index (χ1) is 13.6. The lowest BCUT2D eigenvalue weighted by molar-refractivity contribution is 0.611. The number of allylic oxidation sites excluding steroid dienone is 4. The fourth-order valence-corrected chi connectivity index (χ4v) is 4.34. The molecule has 0 bridgehead atoms. The van der Waals surface area contributed by atoms with E-state index in [-0.39, 0.29) is 0 Å². The van der Waals surface area contributed by atoms with Crippen LogP contribution in [0.25, 0.3) is 0 Å². The highest BCUT2D eigenvalue weighted by Gasteiger charge is 2.36. The van der Waals surface area contributed by atoms with Gasteiger partial charge in [-0.2, -0.15) is 0 Å². The third-order valence-corrected chi connectivity index (χ3v) is 6.12. The molecule has 0 aliphatic carbocycles. The second-order valence-corrected chi connectivity index (χ2v) is 8.18. The highest BCUT2D eigenvalue weighted by atomic mass is 35.5. The predicted octanol–water partition coefficient (Wildman–Crippen LogP) is 9.08. The summed E-state index contributed by atoms with van der Waals surface area (Å²) < 4.78 is 0. The Balaban J connectivity index is 2.20. The van der Waals surface area contributed by atoms with Crippen LogP contribution in [-0.2, 0) is 4.87 Å². The Kier molecular flexibility index (Phi) is 9.88. The van der Waals surface area contributed by atoms with Crippen molar-refractivity contribution in [2.24, 2.45) is 0 Å². The molecule has 0 nitrogen and oxygen atoms in total. The van der Waals surface area contributed by atoms with E-state index in [0.29, 0.717) is 5.02 Å². The second-order valence-electron chi connectivity index (χ2n) is 7.21. The molecule has 150 valence electrons. The zero-order valence-corrected chi connectivity index (χ0v) is 18.6. The van der Waals surface area contributed by atoms with Gasteiger partial charge in [0, 0.05) is 10.6 Å². The monoisotopic (exact) mass is 414 g/mol. The minimum absolute atomic E-state index is 0.685. The summed E-state index contributed by atoms with van der Waals surface area (Å²) in [6.45, 7) is 4.30. The molecule has 0 saturated heterocycles. The highest BCUT2D eigenvalue weighted by molar-refractivity contribution is 6.35. The van der Waals surface area contributed by atoms with Crippen LogP contribution in [0, 0.1) is 0 Å². The van der Waals surface area contributed by atoms with Crippen molar-refractivity contribution < 1.29 is 0 Å². The maximum Gasteiger partial charge on any atom is 0.120 e. The average Bonchev–Trinajstić information content (AvgIpc) is 2.73. The maximum atomic E-state index is 7.35. The minimum Gasteiger partial charge on any atom is -0.103 e. The third-order valence-electron chi connectivity index (χ3n) is 5.15. The molecule has 2 rings (SSSR count). The molecule has 1 atom stereocenters. The number of hydrogen-bond acceptors (Lipinski definition) is 0. The maximum absolute atomic E-state index is 7.35. The number of rotatable bonds is 11. The van der Waals surface area contributed by atoms with Crippen LogP contribution in [0.2, 0.25) is 5.02 Å². The van der Waals surface area contributed by atoms with Gasteiger partial charge < -0.3 is 0 Å². The Morgan fingerprint density at radius 3 is 2.21 bits per heavy atom. The second kappa shape index (κ2) is 12.1. The molecule has 2 aromatic carbocycles. The van der Waals surface area contributed by atoms with Gasteiger partial charge in [0.2, 0.25) is 0 Å². The fourth-order valence-electron chi connectivity index (χ4n) is 3.55. The summed E-state index contributed by atoms with van der Waals surface area (Å²) in [6, 6.07) is 18.1. The molecule has 0 aliphatic rings. The molecule has 0 heterocycles. The Morgan fingerprint density at radius 2 is 1.54 bits per heavy atom. The lowest BCUT2D eigenvalue weighted by atomic mass is 9.83. The van der Waals surface area contributed by atoms with Crippen molar-refractivity contribution in [1.29, 1.82) is 0 Å². The summed E-state index contributed by atoms with van der Waals surface area (Å²) in [5, 5.41) is 0.685. The lowest BCUT2D eigenvalue weighted by Crippen LogP contribution is -2.23. The van der Waals surface area contributed by atoms with Crippen molar-refractivity contribution in [3.63, 3.8) is 0 Å². The average molecular weight is 415 g/mol. The summed E-state index contributed by atoms with van der Waals surface area (Å²) in [6.07, 6.45) is 15.5. The first-order valence-corrected chi connectivity index (χ1v) is 11.2. The standard InChI is InChI=1S/C26H32Cl2/c1-3-5-6-7-8-9-10-12-17-22(4-2)26(28,23-18-13-11-14-19-23)24-20-15-16-21-25(24)27/h4,11-21H,3,5-10H2,1-2H3/b17-12-,22-4+. The molecular formula is C26H32Cl2. The summed E-state index contributed by atoms with van der Waals surface area (Å²) >= 11 is 13.9. The van der Waals surface area contributed by atoms with E-state index in [0.717, 1.165) is 23.1 Å². The molecule has 0 aliphatic heterocycles.